The van der Waals surface area contributed by atoms with E-state index in [-0.39, 0.29) is 13.2 Å². The number of hydrogen-bond donors (Lipinski definition) is 2. The number of urea groups is 1. The normalized spacial score (nSPS) is 14.0. The molecule has 2 aromatic carbocycles. The Balaban J connectivity index is 1.98. The molecular weight excluding hydrogens is 318 g/mol. The van der Waals surface area contributed by atoms with Gasteiger partial charge in [0, 0.05) is 11.1 Å². The number of carbonyl (C=O) groups is 2. The lowest BCUT2D eigenvalue weighted by atomic mass is 10.0. The number of carbonyl (C=O) groups excluding carboxylic acids is 2. The highest BCUT2D eigenvalue weighted by Crippen LogP contribution is 2.25. The zero-order valence-corrected chi connectivity index (χ0v) is 13.9. The van der Waals surface area contributed by atoms with Crippen molar-refractivity contribution in [1.82, 2.24) is 15.8 Å². The van der Waals surface area contributed by atoms with Crippen molar-refractivity contribution < 1.29 is 14.3 Å². The van der Waals surface area contributed by atoms with Gasteiger partial charge in [-0.05, 0) is 6.92 Å². The summed E-state index contributed by atoms with van der Waals surface area (Å²) in [6.07, 6.45) is 0. The minimum atomic E-state index is -0.472. The first-order valence-electron chi connectivity index (χ1n) is 8.05. The molecule has 6 heteroatoms. The van der Waals surface area contributed by atoms with Crippen LogP contribution in [0.3, 0.4) is 0 Å². The second-order valence-electron chi connectivity index (χ2n) is 5.42. The summed E-state index contributed by atoms with van der Waals surface area (Å²) in [6, 6.07) is 18.8. The lowest BCUT2D eigenvalue weighted by Crippen LogP contribution is -2.53. The number of nitrogens with one attached hydrogen (secondary N) is 2. The Morgan fingerprint density at radius 3 is 2.08 bits per heavy atom. The van der Waals surface area contributed by atoms with Crippen LogP contribution in [0, 0.1) is 0 Å². The highest BCUT2D eigenvalue weighted by Gasteiger charge is 2.27. The molecule has 25 heavy (non-hydrogen) atoms. The molecule has 0 atom stereocenters. The van der Waals surface area contributed by atoms with Crippen molar-refractivity contribution in [3.8, 4) is 0 Å². The third-order valence-electron chi connectivity index (χ3n) is 3.69. The Bertz CT molecular complexity index is 788. The van der Waals surface area contributed by atoms with Crippen molar-refractivity contribution in [3.63, 3.8) is 0 Å². The SMILES string of the molecule is CCOC(=O)CN1NC(c2ccccc2)=C(c2ccccc2)NC1=O. The quantitative estimate of drug-likeness (QED) is 0.823. The summed E-state index contributed by atoms with van der Waals surface area (Å²) in [5, 5.41) is 4.09. The number of hydrogen-bond acceptors (Lipinski definition) is 4. The van der Waals surface area contributed by atoms with Crippen LogP contribution < -0.4 is 10.7 Å². The van der Waals surface area contributed by atoms with Crippen molar-refractivity contribution >= 4 is 23.4 Å². The van der Waals surface area contributed by atoms with Crippen LogP contribution in [0.15, 0.2) is 60.7 Å². The molecule has 2 aromatic rings. The van der Waals surface area contributed by atoms with Gasteiger partial charge >= 0.3 is 12.0 Å². The van der Waals surface area contributed by atoms with Gasteiger partial charge in [0.25, 0.3) is 0 Å². The molecule has 1 aliphatic rings. The van der Waals surface area contributed by atoms with Crippen LogP contribution in [-0.4, -0.2) is 30.2 Å². The minimum Gasteiger partial charge on any atom is -0.465 e. The lowest BCUT2D eigenvalue weighted by molar-refractivity contribution is -0.144. The zero-order chi connectivity index (χ0) is 17.6. The average molecular weight is 337 g/mol. The molecule has 2 N–H and O–H groups in total. The molecule has 1 aliphatic heterocycles. The second kappa shape index (κ2) is 7.53. The fourth-order valence-electron chi connectivity index (χ4n) is 2.56. The van der Waals surface area contributed by atoms with Crippen molar-refractivity contribution in [2.75, 3.05) is 13.2 Å². The molecule has 2 amide bonds. The van der Waals surface area contributed by atoms with Crippen LogP contribution in [0.2, 0.25) is 0 Å². The highest BCUT2D eigenvalue weighted by atomic mass is 16.5. The van der Waals surface area contributed by atoms with E-state index in [0.717, 1.165) is 16.8 Å². The Morgan fingerprint density at radius 2 is 1.52 bits per heavy atom. The van der Waals surface area contributed by atoms with Crippen molar-refractivity contribution in [1.29, 1.82) is 0 Å². The van der Waals surface area contributed by atoms with E-state index in [1.165, 1.54) is 5.01 Å². The average Bonchev–Trinajstić information content (AvgIpc) is 2.65. The van der Waals surface area contributed by atoms with Gasteiger partial charge in [0.05, 0.1) is 18.0 Å². The van der Waals surface area contributed by atoms with Gasteiger partial charge in [-0.25, -0.2) is 9.80 Å². The molecule has 0 radical (unpaired) electrons. The molecule has 0 saturated carbocycles. The summed E-state index contributed by atoms with van der Waals surface area (Å²) in [4.78, 5) is 24.2. The Labute approximate surface area is 146 Å². The van der Waals surface area contributed by atoms with Gasteiger partial charge in [-0.15, -0.1) is 0 Å². The van der Waals surface area contributed by atoms with Gasteiger partial charge in [-0.3, -0.25) is 10.2 Å². The van der Waals surface area contributed by atoms with E-state index in [1.807, 2.05) is 60.7 Å². The smallest absolute Gasteiger partial charge is 0.341 e. The second-order valence-corrected chi connectivity index (χ2v) is 5.42. The van der Waals surface area contributed by atoms with Crippen LogP contribution in [0.1, 0.15) is 18.1 Å². The third kappa shape index (κ3) is 3.80. The van der Waals surface area contributed by atoms with E-state index in [0.29, 0.717) is 5.70 Å². The van der Waals surface area contributed by atoms with Crippen LogP contribution in [0.4, 0.5) is 4.79 Å². The predicted octanol–water partition coefficient (Wildman–Crippen LogP) is 2.61. The van der Waals surface area contributed by atoms with E-state index in [1.54, 1.807) is 6.92 Å². The molecular formula is C19H19N3O3. The molecule has 0 bridgehead atoms. The molecule has 0 aliphatic carbocycles. The van der Waals surface area contributed by atoms with Crippen molar-refractivity contribution in [2.24, 2.45) is 0 Å². The maximum atomic E-state index is 12.4. The van der Waals surface area contributed by atoms with Crippen LogP contribution in [-0.2, 0) is 9.53 Å². The van der Waals surface area contributed by atoms with Gasteiger partial charge in [0.1, 0.15) is 6.54 Å². The van der Waals surface area contributed by atoms with Gasteiger partial charge in [-0.1, -0.05) is 60.7 Å². The van der Waals surface area contributed by atoms with Crippen molar-refractivity contribution in [3.05, 3.63) is 71.8 Å². The summed E-state index contributed by atoms with van der Waals surface area (Å²) in [6.45, 7) is 1.81. The lowest BCUT2D eigenvalue weighted by Gasteiger charge is -2.32. The summed E-state index contributed by atoms with van der Waals surface area (Å²) in [5.41, 5.74) is 6.21. The molecule has 0 fully saturated rings. The van der Waals surface area contributed by atoms with Gasteiger partial charge < -0.3 is 10.1 Å². The first-order chi connectivity index (χ1) is 12.2. The van der Waals surface area contributed by atoms with E-state index in [2.05, 4.69) is 10.7 Å². The zero-order valence-electron chi connectivity index (χ0n) is 13.9. The topological polar surface area (TPSA) is 70.7 Å². The molecule has 3 rings (SSSR count). The number of benzene rings is 2. The molecule has 0 aromatic heterocycles. The Hall–Kier alpha value is -3.28. The van der Waals surface area contributed by atoms with Crippen molar-refractivity contribution in [2.45, 2.75) is 6.92 Å². The largest absolute Gasteiger partial charge is 0.465 e. The number of ether oxygens (including phenoxy) is 1. The van der Waals surface area contributed by atoms with Gasteiger partial charge in [0.15, 0.2) is 0 Å². The summed E-state index contributed by atoms with van der Waals surface area (Å²) in [7, 11) is 0. The molecule has 0 unspecified atom stereocenters. The monoisotopic (exact) mass is 337 g/mol. The summed E-state index contributed by atoms with van der Waals surface area (Å²) >= 11 is 0. The number of amides is 2. The fraction of sp³-hybridized carbons (Fsp3) is 0.158. The van der Waals surface area contributed by atoms with E-state index in [4.69, 9.17) is 4.74 Å². The molecule has 1 heterocycles. The third-order valence-corrected chi connectivity index (χ3v) is 3.69. The number of nitrogens with zero attached hydrogens (tertiary/aromatic N) is 1. The number of esters is 1. The molecule has 128 valence electrons. The number of hydrazine groups is 1. The molecule has 0 spiro atoms. The fourth-order valence-corrected chi connectivity index (χ4v) is 2.56. The van der Waals surface area contributed by atoms with Crippen LogP contribution in [0.25, 0.3) is 11.4 Å². The molecule has 6 nitrogen and oxygen atoms in total. The Kier molecular flexibility index (Phi) is 4.99. The maximum absolute atomic E-state index is 12.4. The standard InChI is InChI=1S/C19H19N3O3/c1-2-25-16(23)13-22-19(24)20-17(14-9-5-3-6-10-14)18(21-22)15-11-7-4-8-12-15/h3-12,21H,2,13H2,1H3,(H,20,24). The van der Waals surface area contributed by atoms with Crippen LogP contribution >= 0.6 is 0 Å². The van der Waals surface area contributed by atoms with E-state index >= 15 is 0 Å². The summed E-state index contributed by atoms with van der Waals surface area (Å²) in [5.74, 6) is -0.472. The maximum Gasteiger partial charge on any atom is 0.341 e. The Morgan fingerprint density at radius 1 is 0.960 bits per heavy atom. The summed E-state index contributed by atoms with van der Waals surface area (Å²) < 4.78 is 4.93. The first kappa shape index (κ1) is 16.6. The van der Waals surface area contributed by atoms with E-state index < -0.39 is 12.0 Å². The van der Waals surface area contributed by atoms with Crippen LogP contribution in [0.5, 0.6) is 0 Å². The molecule has 0 saturated heterocycles. The van der Waals surface area contributed by atoms with Gasteiger partial charge in [-0.2, -0.15) is 0 Å². The van der Waals surface area contributed by atoms with Gasteiger partial charge in [0.2, 0.25) is 0 Å². The minimum absolute atomic E-state index is 0.182. The highest BCUT2D eigenvalue weighted by molar-refractivity contribution is 6.00. The first-order valence-corrected chi connectivity index (χ1v) is 8.05. The van der Waals surface area contributed by atoms with E-state index in [9.17, 15) is 9.59 Å². The predicted molar refractivity (Wildman–Crippen MR) is 94.7 cm³/mol. The number of rotatable bonds is 5.